The summed E-state index contributed by atoms with van der Waals surface area (Å²) < 4.78 is 54.6. The summed E-state index contributed by atoms with van der Waals surface area (Å²) in [6.45, 7) is 19.5. The van der Waals surface area contributed by atoms with E-state index in [2.05, 4.69) is 54.5 Å². The van der Waals surface area contributed by atoms with Crippen molar-refractivity contribution in [1.29, 1.82) is 0 Å². The number of carbonyl (C=O) groups is 2. The first-order valence-electron chi connectivity index (χ1n) is 29.4. The lowest BCUT2D eigenvalue weighted by Crippen LogP contribution is -2.68. The Bertz CT molecular complexity index is 2230. The molecule has 9 rings (SSSR count). The predicted molar refractivity (Wildman–Crippen MR) is 279 cm³/mol. The van der Waals surface area contributed by atoms with Crippen molar-refractivity contribution in [3.05, 3.63) is 11.6 Å². The average Bonchev–Trinajstić information content (AvgIpc) is 3.40. The Hall–Kier alpha value is -2.04. The van der Waals surface area contributed by atoms with Gasteiger partial charge in [-0.15, -0.1) is 0 Å². The quantitative estimate of drug-likeness (QED) is 0.0702. The number of ether oxygens (including phenoxy) is 9. The SMILES string of the molecule is CC(C)CC(=O)O[C@@H]1[C@@H](O)[C@H](C)O[C@@H](OC(=O)[C@]23CCC(C)(C)C[C@H]2C2=CC[C@@H]4[C@@]5(C)CC[C@H](O[C@@H]6O[C@H](CO)[C@@H](O[C@@H]7O[C@H](CO)[C@@H](O)[C@H](O)[C@H]7O)[C@H](O)[C@H]6O[C@@H]6OC[C@@H](O)[C@H](O)[C@H]6O)C(C)(C)[C@@H]5CC[C@@]4(C)[C@]2(C)CC3)[C@@H]1O. The number of esters is 2. The molecule has 9 aliphatic rings. The fourth-order valence-corrected chi connectivity index (χ4v) is 16.8. The number of aliphatic hydroxyl groups excluding tert-OH is 11. The zero-order chi connectivity index (χ0) is 58.6. The Kier molecular flexibility index (Phi) is 18.0. The number of hydrogen-bond donors (Lipinski definition) is 11. The van der Waals surface area contributed by atoms with Crippen LogP contribution in [0.4, 0.5) is 0 Å². The fourth-order valence-electron chi connectivity index (χ4n) is 16.8. The van der Waals surface area contributed by atoms with Gasteiger partial charge in [0.2, 0.25) is 6.29 Å². The molecule has 0 aromatic heterocycles. The van der Waals surface area contributed by atoms with Crippen LogP contribution >= 0.6 is 0 Å². The normalized spacial score (nSPS) is 50.9. The lowest BCUT2D eigenvalue weighted by molar-refractivity contribution is -0.390. The van der Waals surface area contributed by atoms with E-state index in [1.165, 1.54) is 5.57 Å². The molecule has 0 amide bonds. The molecular formula is C58H94O22. The van der Waals surface area contributed by atoms with Gasteiger partial charge in [-0.3, -0.25) is 9.59 Å². The van der Waals surface area contributed by atoms with Crippen LogP contribution in [0.2, 0.25) is 0 Å². The molecule has 4 saturated carbocycles. The van der Waals surface area contributed by atoms with Gasteiger partial charge in [-0.2, -0.15) is 0 Å². The van der Waals surface area contributed by atoms with E-state index in [1.54, 1.807) is 6.92 Å². The molecule has 11 N–H and O–H groups in total. The number of carbonyl (C=O) groups excluding carboxylic acids is 2. The van der Waals surface area contributed by atoms with Gasteiger partial charge in [0.25, 0.3) is 0 Å². The van der Waals surface area contributed by atoms with Gasteiger partial charge in [0.1, 0.15) is 73.2 Å². The minimum absolute atomic E-state index is 0.0112. The summed E-state index contributed by atoms with van der Waals surface area (Å²) in [5, 5.41) is 119. The van der Waals surface area contributed by atoms with Crippen molar-refractivity contribution < 1.29 is 108 Å². The number of hydrogen-bond acceptors (Lipinski definition) is 22. The zero-order valence-corrected chi connectivity index (χ0v) is 48.2. The number of rotatable bonds is 13. The molecule has 22 heteroatoms. The van der Waals surface area contributed by atoms with Crippen LogP contribution in [0.3, 0.4) is 0 Å². The van der Waals surface area contributed by atoms with Crippen molar-refractivity contribution >= 4 is 11.9 Å². The van der Waals surface area contributed by atoms with Gasteiger partial charge in [-0.05, 0) is 122 Å². The van der Waals surface area contributed by atoms with Crippen molar-refractivity contribution in [2.24, 2.45) is 56.2 Å². The Morgan fingerprint density at radius 2 is 1.27 bits per heavy atom. The topological polar surface area (TPSA) is 340 Å². The van der Waals surface area contributed by atoms with Crippen LogP contribution in [0.1, 0.15) is 140 Å². The van der Waals surface area contributed by atoms with Crippen LogP contribution in [-0.4, -0.2) is 211 Å². The number of aliphatic hydroxyl groups is 11. The molecule has 4 aliphatic heterocycles. The summed E-state index contributed by atoms with van der Waals surface area (Å²) in [5.74, 6) is -0.894. The van der Waals surface area contributed by atoms with Gasteiger partial charge >= 0.3 is 11.9 Å². The van der Waals surface area contributed by atoms with Crippen LogP contribution in [0.15, 0.2) is 11.6 Å². The first-order valence-corrected chi connectivity index (χ1v) is 29.4. The molecule has 22 nitrogen and oxygen atoms in total. The van der Waals surface area contributed by atoms with Crippen LogP contribution in [-0.2, 0) is 52.2 Å². The summed E-state index contributed by atoms with van der Waals surface area (Å²) in [7, 11) is 0. The Morgan fingerprint density at radius 1 is 0.625 bits per heavy atom. The van der Waals surface area contributed by atoms with Crippen molar-refractivity contribution in [1.82, 2.24) is 0 Å². The Morgan fingerprint density at radius 3 is 1.95 bits per heavy atom. The Balaban J connectivity index is 0.957. The molecule has 4 saturated heterocycles. The highest BCUT2D eigenvalue weighted by molar-refractivity contribution is 5.79. The monoisotopic (exact) mass is 1140 g/mol. The van der Waals surface area contributed by atoms with E-state index >= 15 is 4.79 Å². The lowest BCUT2D eigenvalue weighted by Gasteiger charge is -2.71. The third kappa shape index (κ3) is 10.7. The molecule has 4 heterocycles. The summed E-state index contributed by atoms with van der Waals surface area (Å²) in [4.78, 5) is 27.9. The summed E-state index contributed by atoms with van der Waals surface area (Å²) in [5.41, 5.74) is -1.00. The minimum Gasteiger partial charge on any atom is -0.456 e. The molecule has 80 heavy (non-hydrogen) atoms. The molecule has 0 aromatic carbocycles. The van der Waals surface area contributed by atoms with E-state index in [1.807, 2.05) is 13.8 Å². The van der Waals surface area contributed by atoms with E-state index in [-0.39, 0.29) is 51.8 Å². The highest BCUT2D eigenvalue weighted by atomic mass is 16.8. The molecule has 5 aliphatic carbocycles. The van der Waals surface area contributed by atoms with E-state index in [9.17, 15) is 61.0 Å². The van der Waals surface area contributed by atoms with Crippen molar-refractivity contribution in [3.63, 3.8) is 0 Å². The Labute approximate surface area is 469 Å². The number of fused-ring (bicyclic) bond motifs is 7. The van der Waals surface area contributed by atoms with Crippen LogP contribution in [0.25, 0.3) is 0 Å². The summed E-state index contributed by atoms with van der Waals surface area (Å²) in [6.07, 6.45) is -20.2. The lowest BCUT2D eigenvalue weighted by atomic mass is 9.33. The van der Waals surface area contributed by atoms with Gasteiger partial charge < -0.3 is 98.8 Å². The number of allylic oxidation sites excluding steroid dienone is 2. The van der Waals surface area contributed by atoms with Crippen molar-refractivity contribution in [2.75, 3.05) is 19.8 Å². The van der Waals surface area contributed by atoms with E-state index < -0.39 is 165 Å². The largest absolute Gasteiger partial charge is 0.456 e. The van der Waals surface area contributed by atoms with E-state index in [0.29, 0.717) is 19.3 Å². The molecule has 0 spiro atoms. The first kappa shape index (κ1) is 62.5. The highest BCUT2D eigenvalue weighted by Crippen LogP contribution is 2.76. The molecule has 0 bridgehead atoms. The van der Waals surface area contributed by atoms with Gasteiger partial charge in [-0.25, -0.2) is 0 Å². The van der Waals surface area contributed by atoms with Crippen LogP contribution in [0.5, 0.6) is 0 Å². The van der Waals surface area contributed by atoms with E-state index in [4.69, 9.17) is 42.6 Å². The third-order valence-corrected chi connectivity index (χ3v) is 21.8. The molecule has 0 radical (unpaired) electrons. The maximum absolute atomic E-state index is 15.1. The smallest absolute Gasteiger partial charge is 0.315 e. The molecule has 8 fully saturated rings. The molecule has 27 atom stereocenters. The second kappa shape index (κ2) is 23.0. The van der Waals surface area contributed by atoms with Gasteiger partial charge in [-0.1, -0.05) is 74.0 Å². The van der Waals surface area contributed by atoms with Gasteiger partial charge in [0.15, 0.2) is 31.1 Å². The minimum atomic E-state index is -1.87. The maximum atomic E-state index is 15.1. The standard InChI is InChI=1S/C58H94O22/c1-26(2)21-36(62)77-46-37(63)27(3)73-50(44(46)70)80-52(71)58-19-17-53(4,5)22-29(58)28-11-12-34-55(8)15-14-35(54(6,7)33(55)13-16-57(34,10)56(28,9)18-20-58)76-51-47(79-48-41(67)38(64)30(61)25-72-48)43(69)45(32(24-60)75-51)78-49-42(68)40(66)39(65)31(23-59)74-49/h11,26-27,29-35,37-51,59-61,63-70H,12-25H2,1-10H3/t27-,29-,30+,31+,32+,33-,34+,35-,37-,38-,39+,40-,41+,42+,43-,44+,45+,46+,47+,48-,49-,50-,51-,55-,56+,57+,58-/m0/s1. The average molecular weight is 1140 g/mol. The molecule has 0 aromatic rings. The van der Waals surface area contributed by atoms with Crippen molar-refractivity contribution in [3.8, 4) is 0 Å². The maximum Gasteiger partial charge on any atom is 0.315 e. The van der Waals surface area contributed by atoms with Gasteiger partial charge in [0, 0.05) is 6.42 Å². The van der Waals surface area contributed by atoms with Crippen LogP contribution in [0, 0.1) is 56.2 Å². The molecular weight excluding hydrogens is 1050 g/mol. The summed E-state index contributed by atoms with van der Waals surface area (Å²) >= 11 is 0. The molecule has 458 valence electrons. The van der Waals surface area contributed by atoms with Crippen LogP contribution < -0.4 is 0 Å². The second-order valence-corrected chi connectivity index (χ2v) is 27.9. The highest BCUT2D eigenvalue weighted by Gasteiger charge is 2.70. The summed E-state index contributed by atoms with van der Waals surface area (Å²) in [6, 6.07) is 0. The van der Waals surface area contributed by atoms with E-state index in [0.717, 1.165) is 44.9 Å². The van der Waals surface area contributed by atoms with Crippen molar-refractivity contribution in [2.45, 2.75) is 263 Å². The predicted octanol–water partition coefficient (Wildman–Crippen LogP) is 1.23. The zero-order valence-electron chi connectivity index (χ0n) is 48.2. The van der Waals surface area contributed by atoms with Gasteiger partial charge in [0.05, 0.1) is 37.4 Å². The second-order valence-electron chi connectivity index (χ2n) is 27.9. The molecule has 0 unspecified atom stereocenters. The first-order chi connectivity index (χ1) is 37.4. The fraction of sp³-hybridized carbons (Fsp3) is 0.931. The third-order valence-electron chi connectivity index (χ3n) is 21.8.